The van der Waals surface area contributed by atoms with Crippen LogP contribution < -0.4 is 0 Å². The van der Waals surface area contributed by atoms with Crippen molar-refractivity contribution in [3.05, 3.63) is 12.2 Å². The van der Waals surface area contributed by atoms with Gasteiger partial charge in [-0.05, 0) is 12.5 Å². The summed E-state index contributed by atoms with van der Waals surface area (Å²) in [5.41, 5.74) is 0. The molecule has 0 bridgehead atoms. The number of aliphatic hydroxyl groups excluding tert-OH is 2. The number of carbonyl (C=O) groups excluding carboxylic acids is 2. The molecule has 2 aliphatic heterocycles. The van der Waals surface area contributed by atoms with Gasteiger partial charge in [-0.2, -0.15) is 0 Å². The molecule has 0 saturated carbocycles. The molecule has 1 fully saturated rings. The first-order valence-corrected chi connectivity index (χ1v) is 4.95. The predicted molar refractivity (Wildman–Crippen MR) is 52.3 cm³/mol. The van der Waals surface area contributed by atoms with Crippen LogP contribution >= 0.6 is 0 Å². The highest BCUT2D eigenvalue weighted by Crippen LogP contribution is 2.11. The minimum absolute atomic E-state index is 0.0360. The lowest BCUT2D eigenvalue weighted by atomic mass is 10.2. The zero-order valence-electron chi connectivity index (χ0n) is 8.67. The number of ether oxygens (including phenoxy) is 2. The highest BCUT2D eigenvalue weighted by molar-refractivity contribution is 5.84. The molecule has 0 amide bonds. The minimum Gasteiger partial charge on any atom is -0.460 e. The van der Waals surface area contributed by atoms with E-state index >= 15 is 0 Å². The molecule has 1 saturated heterocycles. The highest BCUT2D eigenvalue weighted by atomic mass is 16.6. The molecule has 0 radical (unpaired) electrons. The van der Waals surface area contributed by atoms with E-state index in [1.54, 1.807) is 0 Å². The Bertz CT molecular complexity index is 285. The van der Waals surface area contributed by atoms with Crippen molar-refractivity contribution in [2.45, 2.75) is 25.0 Å². The molecule has 2 rings (SSSR count). The van der Waals surface area contributed by atoms with Crippen molar-refractivity contribution in [1.82, 2.24) is 0 Å². The molecule has 6 heteroatoms. The van der Waals surface area contributed by atoms with Gasteiger partial charge < -0.3 is 19.7 Å². The van der Waals surface area contributed by atoms with Crippen LogP contribution in [0.25, 0.3) is 0 Å². The lowest BCUT2D eigenvalue weighted by Crippen LogP contribution is -2.11. The number of rotatable bonds is 2. The largest absolute Gasteiger partial charge is 0.460 e. The van der Waals surface area contributed by atoms with Crippen LogP contribution in [0.3, 0.4) is 0 Å². The number of cyclic esters (lactones) is 2. The third kappa shape index (κ3) is 4.00. The van der Waals surface area contributed by atoms with Gasteiger partial charge in [-0.25, -0.2) is 4.79 Å². The SMILES string of the molecule is O=C1C=C[C@@H](CO)O1.O=C1CC[C@@H](CO)O1. The lowest BCUT2D eigenvalue weighted by molar-refractivity contribution is -0.142. The number of hydrogen-bond acceptors (Lipinski definition) is 6. The van der Waals surface area contributed by atoms with Crippen molar-refractivity contribution in [1.29, 1.82) is 0 Å². The molecule has 0 aromatic rings. The molecule has 16 heavy (non-hydrogen) atoms. The maximum Gasteiger partial charge on any atom is 0.331 e. The van der Waals surface area contributed by atoms with Crippen molar-refractivity contribution < 1.29 is 29.3 Å². The number of carbonyl (C=O) groups is 2. The normalized spacial score (nSPS) is 27.1. The van der Waals surface area contributed by atoms with Crippen LogP contribution in [0.1, 0.15) is 12.8 Å². The van der Waals surface area contributed by atoms with Gasteiger partial charge in [-0.1, -0.05) is 0 Å². The van der Waals surface area contributed by atoms with E-state index in [0.717, 1.165) is 0 Å². The van der Waals surface area contributed by atoms with Gasteiger partial charge in [0.1, 0.15) is 12.2 Å². The van der Waals surface area contributed by atoms with E-state index in [1.807, 2.05) is 0 Å². The maximum atomic E-state index is 10.3. The second-order valence-corrected chi connectivity index (χ2v) is 3.35. The maximum absolute atomic E-state index is 10.3. The van der Waals surface area contributed by atoms with Crippen LogP contribution in [0.15, 0.2) is 12.2 Å². The Hall–Kier alpha value is -1.40. The summed E-state index contributed by atoms with van der Waals surface area (Å²) in [6.07, 6.45) is 3.36. The van der Waals surface area contributed by atoms with E-state index in [4.69, 9.17) is 10.2 Å². The van der Waals surface area contributed by atoms with Gasteiger partial charge in [-0.15, -0.1) is 0 Å². The molecule has 0 aromatic heterocycles. The molecule has 6 nitrogen and oxygen atoms in total. The van der Waals surface area contributed by atoms with Crippen LogP contribution in [0, 0.1) is 0 Å². The molecule has 90 valence electrons. The van der Waals surface area contributed by atoms with Crippen LogP contribution in [-0.4, -0.2) is 47.6 Å². The molecule has 0 aromatic carbocycles. The summed E-state index contributed by atoms with van der Waals surface area (Å²) in [4.78, 5) is 20.5. The summed E-state index contributed by atoms with van der Waals surface area (Å²) in [7, 11) is 0. The second-order valence-electron chi connectivity index (χ2n) is 3.35. The van der Waals surface area contributed by atoms with Gasteiger partial charge in [0.05, 0.1) is 13.2 Å². The number of esters is 2. The fraction of sp³-hybridized carbons (Fsp3) is 0.600. The zero-order valence-corrected chi connectivity index (χ0v) is 8.67. The number of aliphatic hydroxyl groups is 2. The second kappa shape index (κ2) is 6.24. The van der Waals surface area contributed by atoms with Crippen LogP contribution in [-0.2, 0) is 19.1 Å². The first-order valence-electron chi connectivity index (χ1n) is 4.95. The predicted octanol–water partition coefficient (Wildman–Crippen LogP) is -0.855. The summed E-state index contributed by atoms with van der Waals surface area (Å²) in [5, 5.41) is 16.8. The Morgan fingerprint density at radius 2 is 2.00 bits per heavy atom. The van der Waals surface area contributed by atoms with E-state index in [2.05, 4.69) is 9.47 Å². The molecular weight excluding hydrogens is 216 g/mol. The van der Waals surface area contributed by atoms with Gasteiger partial charge in [0, 0.05) is 12.5 Å². The zero-order chi connectivity index (χ0) is 12.0. The monoisotopic (exact) mass is 230 g/mol. The van der Waals surface area contributed by atoms with Gasteiger partial charge in [-0.3, -0.25) is 4.79 Å². The van der Waals surface area contributed by atoms with Gasteiger partial charge >= 0.3 is 11.9 Å². The standard InChI is InChI=1S/C5H8O3.C5H6O3/c2*6-3-4-1-2-5(7)8-4/h4,6H,1-3H2;1-2,4,6H,3H2/t2*4-/m00/s1. The Labute approximate surface area is 92.5 Å². The Morgan fingerprint density at radius 3 is 2.25 bits per heavy atom. The molecule has 0 spiro atoms. The van der Waals surface area contributed by atoms with Crippen molar-refractivity contribution in [3.8, 4) is 0 Å². The molecule has 0 unspecified atom stereocenters. The summed E-state index contributed by atoms with van der Waals surface area (Å²) in [6.45, 7) is -0.159. The smallest absolute Gasteiger partial charge is 0.331 e. The Kier molecular flexibility index (Phi) is 4.94. The topological polar surface area (TPSA) is 93.1 Å². The minimum atomic E-state index is -0.400. The van der Waals surface area contributed by atoms with Gasteiger partial charge in [0.25, 0.3) is 0 Å². The third-order valence-corrected chi connectivity index (χ3v) is 2.07. The van der Waals surface area contributed by atoms with Crippen molar-refractivity contribution in [2.24, 2.45) is 0 Å². The van der Waals surface area contributed by atoms with Crippen molar-refractivity contribution in [2.75, 3.05) is 13.2 Å². The van der Waals surface area contributed by atoms with Crippen LogP contribution in [0.2, 0.25) is 0 Å². The average molecular weight is 230 g/mol. The van der Waals surface area contributed by atoms with Crippen molar-refractivity contribution >= 4 is 11.9 Å². The molecule has 2 N–H and O–H groups in total. The molecule has 0 aliphatic carbocycles. The average Bonchev–Trinajstić information content (AvgIpc) is 2.88. The molecule has 2 heterocycles. The summed E-state index contributed by atoms with van der Waals surface area (Å²) in [6, 6.07) is 0. The van der Waals surface area contributed by atoms with Gasteiger partial charge in [0.2, 0.25) is 0 Å². The molecule has 2 atom stereocenters. The van der Waals surface area contributed by atoms with E-state index in [-0.39, 0.29) is 31.3 Å². The van der Waals surface area contributed by atoms with Crippen LogP contribution in [0.5, 0.6) is 0 Å². The number of hydrogen-bond donors (Lipinski definition) is 2. The van der Waals surface area contributed by atoms with Gasteiger partial charge in [0.15, 0.2) is 0 Å². The fourth-order valence-corrected chi connectivity index (χ4v) is 1.22. The fourth-order valence-electron chi connectivity index (χ4n) is 1.22. The van der Waals surface area contributed by atoms with Crippen molar-refractivity contribution in [3.63, 3.8) is 0 Å². The lowest BCUT2D eigenvalue weighted by Gasteiger charge is -2.01. The summed E-state index contributed by atoms with van der Waals surface area (Å²) >= 11 is 0. The third-order valence-electron chi connectivity index (χ3n) is 2.07. The van der Waals surface area contributed by atoms with E-state index in [0.29, 0.717) is 12.8 Å². The molecular formula is C10H14O6. The molecule has 2 aliphatic rings. The van der Waals surface area contributed by atoms with E-state index in [9.17, 15) is 9.59 Å². The Balaban J connectivity index is 0.000000160. The Morgan fingerprint density at radius 1 is 1.25 bits per heavy atom. The van der Waals surface area contributed by atoms with Crippen LogP contribution in [0.4, 0.5) is 0 Å². The summed E-state index contributed by atoms with van der Waals surface area (Å²) < 4.78 is 9.13. The van der Waals surface area contributed by atoms with E-state index < -0.39 is 6.10 Å². The summed E-state index contributed by atoms with van der Waals surface area (Å²) in [5.74, 6) is -0.562. The first-order chi connectivity index (χ1) is 7.65. The highest BCUT2D eigenvalue weighted by Gasteiger charge is 2.21. The quantitative estimate of drug-likeness (QED) is 0.600. The van der Waals surface area contributed by atoms with E-state index in [1.165, 1.54) is 12.2 Å². The first kappa shape index (κ1) is 12.7.